The third kappa shape index (κ3) is 2.60. The topological polar surface area (TPSA) is 80.0 Å². The van der Waals surface area contributed by atoms with Crippen molar-refractivity contribution in [3.63, 3.8) is 0 Å². The van der Waals surface area contributed by atoms with E-state index < -0.39 is 0 Å². The highest BCUT2D eigenvalue weighted by Gasteiger charge is 2.09. The maximum atomic E-state index is 11.8. The zero-order valence-electron chi connectivity index (χ0n) is 9.52. The van der Waals surface area contributed by atoms with Crippen molar-refractivity contribution in [2.45, 2.75) is 6.92 Å². The molecule has 0 aliphatic heterocycles. The fraction of sp³-hybridized carbons (Fsp3) is 0.182. The van der Waals surface area contributed by atoms with Crippen LogP contribution in [0.4, 0.5) is 11.7 Å². The number of rotatable bonds is 3. The Hall–Kier alpha value is -2.37. The number of carbonyl (C=O) groups is 1. The van der Waals surface area contributed by atoms with Gasteiger partial charge in [0.15, 0.2) is 5.82 Å². The van der Waals surface area contributed by atoms with E-state index in [9.17, 15) is 4.79 Å². The van der Waals surface area contributed by atoms with Crippen LogP contribution in [0.15, 0.2) is 28.8 Å². The zero-order chi connectivity index (χ0) is 12.3. The summed E-state index contributed by atoms with van der Waals surface area (Å²) >= 11 is 0. The first-order valence-corrected chi connectivity index (χ1v) is 5.08. The minimum atomic E-state index is -0.281. The van der Waals surface area contributed by atoms with E-state index in [1.807, 2.05) is 19.2 Å². The van der Waals surface area contributed by atoms with Gasteiger partial charge in [0.25, 0.3) is 5.91 Å². The van der Waals surface area contributed by atoms with Crippen LogP contribution >= 0.6 is 0 Å². The molecule has 0 fully saturated rings. The molecule has 2 N–H and O–H groups in total. The lowest BCUT2D eigenvalue weighted by Gasteiger charge is -2.02. The lowest BCUT2D eigenvalue weighted by molar-refractivity contribution is 0.102. The van der Waals surface area contributed by atoms with Gasteiger partial charge in [0.05, 0.1) is 0 Å². The normalized spacial score (nSPS) is 10.0. The van der Waals surface area contributed by atoms with Crippen LogP contribution in [0.1, 0.15) is 16.2 Å². The van der Waals surface area contributed by atoms with E-state index in [2.05, 4.69) is 20.8 Å². The van der Waals surface area contributed by atoms with Gasteiger partial charge in [-0.05, 0) is 31.2 Å². The van der Waals surface area contributed by atoms with Crippen LogP contribution in [-0.2, 0) is 0 Å². The largest absolute Gasteiger partial charge is 0.388 e. The summed E-state index contributed by atoms with van der Waals surface area (Å²) in [5.41, 5.74) is 1.47. The van der Waals surface area contributed by atoms with Crippen LogP contribution in [0.5, 0.6) is 0 Å². The molecular formula is C11H12N4O2. The minimum Gasteiger partial charge on any atom is -0.388 e. The molecule has 0 saturated carbocycles. The van der Waals surface area contributed by atoms with Gasteiger partial charge in [0, 0.05) is 18.3 Å². The first-order chi connectivity index (χ1) is 8.19. The van der Waals surface area contributed by atoms with Crippen molar-refractivity contribution in [2.75, 3.05) is 17.7 Å². The molecule has 0 aliphatic carbocycles. The van der Waals surface area contributed by atoms with Gasteiger partial charge in [-0.15, -0.1) is 0 Å². The highest BCUT2D eigenvalue weighted by Crippen LogP contribution is 2.10. The molecule has 6 nitrogen and oxygen atoms in total. The van der Waals surface area contributed by atoms with Crippen LogP contribution in [0.3, 0.4) is 0 Å². The van der Waals surface area contributed by atoms with Crippen LogP contribution in [0.2, 0.25) is 0 Å². The molecule has 1 aromatic carbocycles. The van der Waals surface area contributed by atoms with E-state index in [0.29, 0.717) is 11.4 Å². The molecule has 6 heteroatoms. The third-order valence-corrected chi connectivity index (χ3v) is 2.18. The van der Waals surface area contributed by atoms with E-state index in [1.54, 1.807) is 19.1 Å². The molecule has 1 aromatic heterocycles. The Labute approximate surface area is 98.0 Å². The molecule has 1 heterocycles. The second-order valence-electron chi connectivity index (χ2n) is 3.43. The van der Waals surface area contributed by atoms with Gasteiger partial charge in [-0.3, -0.25) is 10.1 Å². The van der Waals surface area contributed by atoms with Gasteiger partial charge < -0.3 is 9.84 Å². The van der Waals surface area contributed by atoms with E-state index >= 15 is 0 Å². The number of aromatic nitrogens is 2. The van der Waals surface area contributed by atoms with Crippen molar-refractivity contribution in [1.29, 1.82) is 0 Å². The minimum absolute atomic E-state index is 0.102. The SMILES string of the molecule is CNc1ccc(C(=O)Nc2nc(C)no2)cc1. The first kappa shape index (κ1) is 11.1. The Morgan fingerprint density at radius 2 is 2.00 bits per heavy atom. The lowest BCUT2D eigenvalue weighted by atomic mass is 10.2. The summed E-state index contributed by atoms with van der Waals surface area (Å²) in [7, 11) is 1.82. The number of nitrogens with one attached hydrogen (secondary N) is 2. The Kier molecular flexibility index (Phi) is 3.04. The monoisotopic (exact) mass is 232 g/mol. The molecule has 0 saturated heterocycles. The molecule has 0 unspecified atom stereocenters. The predicted octanol–water partition coefficient (Wildman–Crippen LogP) is 1.67. The summed E-state index contributed by atoms with van der Waals surface area (Å²) in [5.74, 6) is 0.196. The Morgan fingerprint density at radius 3 is 2.53 bits per heavy atom. The summed E-state index contributed by atoms with van der Waals surface area (Å²) in [4.78, 5) is 15.7. The van der Waals surface area contributed by atoms with Gasteiger partial charge in [-0.25, -0.2) is 0 Å². The summed E-state index contributed by atoms with van der Waals surface area (Å²) in [6.07, 6.45) is 0. The maximum absolute atomic E-state index is 11.8. The van der Waals surface area contributed by atoms with Gasteiger partial charge in [-0.1, -0.05) is 5.16 Å². The van der Waals surface area contributed by atoms with Gasteiger partial charge >= 0.3 is 6.01 Å². The third-order valence-electron chi connectivity index (χ3n) is 2.18. The summed E-state index contributed by atoms with van der Waals surface area (Å²) < 4.78 is 4.80. The Balaban J connectivity index is 2.09. The fourth-order valence-corrected chi connectivity index (χ4v) is 1.31. The van der Waals surface area contributed by atoms with E-state index in [0.717, 1.165) is 5.69 Å². The Bertz CT molecular complexity index is 519. The molecular weight excluding hydrogens is 220 g/mol. The maximum Gasteiger partial charge on any atom is 0.328 e. The standard InChI is InChI=1S/C11H12N4O2/c1-7-13-11(17-15-7)14-10(16)8-3-5-9(12-2)6-4-8/h3-6,12H,1-2H3,(H,13,14,15,16). The second-order valence-corrected chi connectivity index (χ2v) is 3.43. The fourth-order valence-electron chi connectivity index (χ4n) is 1.31. The van der Waals surface area contributed by atoms with Crippen LogP contribution in [0.25, 0.3) is 0 Å². The summed E-state index contributed by atoms with van der Waals surface area (Å²) in [6.45, 7) is 1.68. The number of amides is 1. The van der Waals surface area contributed by atoms with Crippen LogP contribution in [-0.4, -0.2) is 23.1 Å². The van der Waals surface area contributed by atoms with Crippen molar-refractivity contribution in [1.82, 2.24) is 10.1 Å². The van der Waals surface area contributed by atoms with Gasteiger partial charge in [0.1, 0.15) is 0 Å². The first-order valence-electron chi connectivity index (χ1n) is 5.08. The number of carbonyl (C=O) groups excluding carboxylic acids is 1. The molecule has 17 heavy (non-hydrogen) atoms. The van der Waals surface area contributed by atoms with E-state index in [4.69, 9.17) is 4.52 Å². The van der Waals surface area contributed by atoms with Crippen molar-refractivity contribution >= 4 is 17.6 Å². The van der Waals surface area contributed by atoms with Crippen LogP contribution in [0, 0.1) is 6.92 Å². The molecule has 0 radical (unpaired) electrons. The molecule has 0 atom stereocenters. The number of hydrogen-bond acceptors (Lipinski definition) is 5. The quantitative estimate of drug-likeness (QED) is 0.841. The molecule has 0 bridgehead atoms. The van der Waals surface area contributed by atoms with E-state index in [1.165, 1.54) is 0 Å². The Morgan fingerprint density at radius 1 is 1.29 bits per heavy atom. The van der Waals surface area contributed by atoms with Crippen molar-refractivity contribution in [3.05, 3.63) is 35.7 Å². The van der Waals surface area contributed by atoms with Crippen LogP contribution < -0.4 is 10.6 Å². The van der Waals surface area contributed by atoms with E-state index in [-0.39, 0.29) is 11.9 Å². The summed E-state index contributed by atoms with van der Waals surface area (Å²) in [5, 5.41) is 9.07. The second kappa shape index (κ2) is 4.65. The lowest BCUT2D eigenvalue weighted by Crippen LogP contribution is -2.12. The number of benzene rings is 1. The highest BCUT2D eigenvalue weighted by molar-refractivity contribution is 6.03. The number of hydrogen-bond donors (Lipinski definition) is 2. The average molecular weight is 232 g/mol. The van der Waals surface area contributed by atoms with Crippen molar-refractivity contribution < 1.29 is 9.32 Å². The average Bonchev–Trinajstić information content (AvgIpc) is 2.75. The number of nitrogens with zero attached hydrogens (tertiary/aromatic N) is 2. The van der Waals surface area contributed by atoms with Gasteiger partial charge in [0.2, 0.25) is 0 Å². The van der Waals surface area contributed by atoms with Gasteiger partial charge in [-0.2, -0.15) is 4.98 Å². The summed E-state index contributed by atoms with van der Waals surface area (Å²) in [6, 6.07) is 7.15. The molecule has 0 spiro atoms. The number of anilines is 2. The number of aryl methyl sites for hydroxylation is 1. The molecule has 2 rings (SSSR count). The molecule has 0 aliphatic rings. The van der Waals surface area contributed by atoms with Crippen molar-refractivity contribution in [3.8, 4) is 0 Å². The zero-order valence-corrected chi connectivity index (χ0v) is 9.52. The predicted molar refractivity (Wildman–Crippen MR) is 63.0 cm³/mol. The molecule has 2 aromatic rings. The molecule has 1 amide bonds. The van der Waals surface area contributed by atoms with Crippen molar-refractivity contribution in [2.24, 2.45) is 0 Å². The highest BCUT2D eigenvalue weighted by atomic mass is 16.5. The molecule has 88 valence electrons. The smallest absolute Gasteiger partial charge is 0.328 e.